The first-order valence-corrected chi connectivity index (χ1v) is 9.65. The lowest BCUT2D eigenvalue weighted by Gasteiger charge is -2.26. The summed E-state index contributed by atoms with van der Waals surface area (Å²) in [6, 6.07) is 11.7. The van der Waals surface area contributed by atoms with E-state index in [1.54, 1.807) is 30.3 Å². The first kappa shape index (κ1) is 17.7. The van der Waals surface area contributed by atoms with Gasteiger partial charge in [-0.15, -0.1) is 16.9 Å². The molecule has 0 saturated carbocycles. The lowest BCUT2D eigenvalue weighted by molar-refractivity contribution is -0.122. The van der Waals surface area contributed by atoms with Crippen LogP contribution >= 0.6 is 11.8 Å². The van der Waals surface area contributed by atoms with E-state index in [2.05, 4.69) is 15.6 Å². The summed E-state index contributed by atoms with van der Waals surface area (Å²) >= 11 is 1.47. The quantitative estimate of drug-likeness (QED) is 0.748. The molecule has 0 aliphatic carbocycles. The number of fused-ring (bicyclic) bond motifs is 2. The maximum atomic E-state index is 13.9. The van der Waals surface area contributed by atoms with E-state index in [1.807, 2.05) is 6.07 Å². The van der Waals surface area contributed by atoms with E-state index in [0.717, 1.165) is 17.7 Å². The van der Waals surface area contributed by atoms with Crippen molar-refractivity contribution in [1.82, 2.24) is 20.3 Å². The van der Waals surface area contributed by atoms with Gasteiger partial charge >= 0.3 is 0 Å². The highest BCUT2D eigenvalue weighted by Crippen LogP contribution is 2.37. The second-order valence-corrected chi connectivity index (χ2v) is 7.41. The lowest BCUT2D eigenvalue weighted by atomic mass is 10.0. The van der Waals surface area contributed by atoms with Crippen molar-refractivity contribution in [3.05, 3.63) is 64.2 Å². The van der Waals surface area contributed by atoms with Crippen LogP contribution in [0.1, 0.15) is 24.4 Å². The zero-order chi connectivity index (χ0) is 18.8. The van der Waals surface area contributed by atoms with Gasteiger partial charge in [0, 0.05) is 17.1 Å². The van der Waals surface area contributed by atoms with Gasteiger partial charge in [-0.3, -0.25) is 9.59 Å². The number of aryl methyl sites for hydroxylation is 1. The number of nitrogens with zero attached hydrogens (tertiary/aromatic N) is 3. The predicted octanol–water partition coefficient (Wildman–Crippen LogP) is 2.67. The number of halogens is 1. The molecule has 1 amide bonds. The Bertz CT molecular complexity index is 1070. The average molecular weight is 384 g/mol. The Labute approximate surface area is 158 Å². The molecule has 3 aromatic rings. The lowest BCUT2D eigenvalue weighted by Crippen LogP contribution is -2.33. The standard InChI is InChI=1S/C19H17FN4O2S/c20-14-6-3-5-12-15(9-11-27-18(12)14)21-17(25)8-10-24-19(26)13-4-1-2-7-16(13)22-23-24/h1-7,15H,8-11H2,(H,21,25). The van der Waals surface area contributed by atoms with Crippen LogP contribution < -0.4 is 10.9 Å². The van der Waals surface area contributed by atoms with Crippen molar-refractivity contribution in [2.24, 2.45) is 0 Å². The van der Waals surface area contributed by atoms with Crippen LogP contribution in [0, 0.1) is 5.82 Å². The Morgan fingerprint density at radius 3 is 3.00 bits per heavy atom. The van der Waals surface area contributed by atoms with Gasteiger partial charge in [0.15, 0.2) is 0 Å². The normalized spacial score (nSPS) is 16.1. The monoisotopic (exact) mass is 384 g/mol. The van der Waals surface area contributed by atoms with E-state index < -0.39 is 0 Å². The van der Waals surface area contributed by atoms with Crippen molar-refractivity contribution in [2.45, 2.75) is 30.3 Å². The molecule has 1 N–H and O–H groups in total. The van der Waals surface area contributed by atoms with Gasteiger partial charge in [-0.05, 0) is 30.2 Å². The molecule has 0 bridgehead atoms. The smallest absolute Gasteiger partial charge is 0.277 e. The van der Waals surface area contributed by atoms with E-state index in [4.69, 9.17) is 0 Å². The maximum absolute atomic E-state index is 13.9. The summed E-state index contributed by atoms with van der Waals surface area (Å²) in [5.41, 5.74) is 1.07. The number of hydrogen-bond donors (Lipinski definition) is 1. The fourth-order valence-corrected chi connectivity index (χ4v) is 4.32. The number of thioether (sulfide) groups is 1. The Hall–Kier alpha value is -2.74. The van der Waals surface area contributed by atoms with Crippen LogP contribution in [-0.2, 0) is 11.3 Å². The van der Waals surface area contributed by atoms with E-state index in [-0.39, 0.29) is 36.3 Å². The van der Waals surface area contributed by atoms with Gasteiger partial charge < -0.3 is 5.32 Å². The van der Waals surface area contributed by atoms with Gasteiger partial charge in [-0.25, -0.2) is 9.07 Å². The molecule has 1 aliphatic heterocycles. The second kappa shape index (κ2) is 7.48. The number of carbonyl (C=O) groups excluding carboxylic acids is 1. The molecule has 1 aliphatic rings. The van der Waals surface area contributed by atoms with E-state index in [9.17, 15) is 14.0 Å². The third-order valence-corrected chi connectivity index (χ3v) is 5.70. The number of carbonyl (C=O) groups is 1. The van der Waals surface area contributed by atoms with Crippen LogP contribution in [0.5, 0.6) is 0 Å². The van der Waals surface area contributed by atoms with E-state index in [1.165, 1.54) is 22.5 Å². The van der Waals surface area contributed by atoms with Crippen molar-refractivity contribution in [3.8, 4) is 0 Å². The molecular weight excluding hydrogens is 367 g/mol. The van der Waals surface area contributed by atoms with Crippen molar-refractivity contribution < 1.29 is 9.18 Å². The number of benzene rings is 2. The highest BCUT2D eigenvalue weighted by Gasteiger charge is 2.24. The van der Waals surface area contributed by atoms with Gasteiger partial charge in [0.1, 0.15) is 11.3 Å². The molecule has 4 rings (SSSR count). The number of amides is 1. The predicted molar refractivity (Wildman–Crippen MR) is 101 cm³/mol. The van der Waals surface area contributed by atoms with Crippen LogP contribution in [0.25, 0.3) is 10.9 Å². The van der Waals surface area contributed by atoms with Crippen molar-refractivity contribution in [1.29, 1.82) is 0 Å². The Kier molecular flexibility index (Phi) is 4.89. The highest BCUT2D eigenvalue weighted by molar-refractivity contribution is 7.99. The molecule has 2 aromatic carbocycles. The molecule has 0 fully saturated rings. The van der Waals surface area contributed by atoms with Crippen LogP contribution in [0.15, 0.2) is 52.2 Å². The van der Waals surface area contributed by atoms with Crippen LogP contribution in [0.2, 0.25) is 0 Å². The Morgan fingerprint density at radius 1 is 1.26 bits per heavy atom. The molecule has 2 heterocycles. The molecule has 1 aromatic heterocycles. The number of rotatable bonds is 4. The SMILES string of the molecule is O=C(CCn1nnc2ccccc2c1=O)NC1CCSc2c(F)cccc21. The van der Waals surface area contributed by atoms with Crippen LogP contribution in [0.3, 0.4) is 0 Å². The highest BCUT2D eigenvalue weighted by atomic mass is 32.2. The summed E-state index contributed by atoms with van der Waals surface area (Å²) in [4.78, 5) is 25.4. The zero-order valence-electron chi connectivity index (χ0n) is 14.4. The Balaban J connectivity index is 1.45. The third-order valence-electron chi connectivity index (χ3n) is 4.54. The molecule has 1 unspecified atom stereocenters. The topological polar surface area (TPSA) is 76.9 Å². The van der Waals surface area contributed by atoms with E-state index >= 15 is 0 Å². The fraction of sp³-hybridized carbons (Fsp3) is 0.263. The molecule has 6 nitrogen and oxygen atoms in total. The minimum absolute atomic E-state index is 0.0984. The second-order valence-electron chi connectivity index (χ2n) is 6.30. The van der Waals surface area contributed by atoms with Crippen molar-refractivity contribution in [3.63, 3.8) is 0 Å². The zero-order valence-corrected chi connectivity index (χ0v) is 15.2. The molecule has 1 atom stereocenters. The summed E-state index contributed by atoms with van der Waals surface area (Å²) in [6.07, 6.45) is 0.837. The van der Waals surface area contributed by atoms with Gasteiger partial charge in [0.2, 0.25) is 5.91 Å². The molecular formula is C19H17FN4O2S. The van der Waals surface area contributed by atoms with Gasteiger partial charge in [-0.1, -0.05) is 29.5 Å². The third kappa shape index (κ3) is 3.57. The number of hydrogen-bond acceptors (Lipinski definition) is 5. The molecule has 0 spiro atoms. The maximum Gasteiger partial charge on any atom is 0.277 e. The first-order chi connectivity index (χ1) is 13.1. The minimum atomic E-state index is -0.269. The van der Waals surface area contributed by atoms with Crippen molar-refractivity contribution >= 4 is 28.6 Å². The summed E-state index contributed by atoms with van der Waals surface area (Å²) in [7, 11) is 0. The molecule has 27 heavy (non-hydrogen) atoms. The van der Waals surface area contributed by atoms with Crippen LogP contribution in [-0.4, -0.2) is 26.7 Å². The summed E-state index contributed by atoms with van der Waals surface area (Å²) < 4.78 is 15.1. The Morgan fingerprint density at radius 2 is 2.11 bits per heavy atom. The summed E-state index contributed by atoms with van der Waals surface area (Å²) in [6.45, 7) is 0.139. The van der Waals surface area contributed by atoms with Crippen molar-refractivity contribution in [2.75, 3.05) is 5.75 Å². The first-order valence-electron chi connectivity index (χ1n) is 8.66. The van der Waals surface area contributed by atoms with Gasteiger partial charge in [0.25, 0.3) is 5.56 Å². The number of aromatic nitrogens is 3. The minimum Gasteiger partial charge on any atom is -0.349 e. The van der Waals surface area contributed by atoms with Gasteiger partial charge in [-0.2, -0.15) is 0 Å². The molecule has 8 heteroatoms. The van der Waals surface area contributed by atoms with Gasteiger partial charge in [0.05, 0.1) is 18.0 Å². The molecule has 0 radical (unpaired) electrons. The summed E-state index contributed by atoms with van der Waals surface area (Å²) in [5.74, 6) is 0.285. The number of nitrogens with one attached hydrogen (secondary N) is 1. The molecule has 138 valence electrons. The van der Waals surface area contributed by atoms with Crippen LogP contribution in [0.4, 0.5) is 4.39 Å². The van der Waals surface area contributed by atoms with E-state index in [0.29, 0.717) is 15.8 Å². The molecule has 0 saturated heterocycles. The largest absolute Gasteiger partial charge is 0.349 e. The summed E-state index contributed by atoms with van der Waals surface area (Å²) in [5, 5.41) is 11.3. The average Bonchev–Trinajstić information content (AvgIpc) is 2.68. The fourth-order valence-electron chi connectivity index (χ4n) is 3.18.